The van der Waals surface area contributed by atoms with Crippen molar-refractivity contribution in [3.8, 4) is 0 Å². The second-order valence-corrected chi connectivity index (χ2v) is 11.5. The van der Waals surface area contributed by atoms with Gasteiger partial charge in [-0.3, -0.25) is 9.69 Å². The van der Waals surface area contributed by atoms with E-state index in [0.717, 1.165) is 50.4 Å². The molecule has 1 aromatic carbocycles. The number of carboxylic acid groups (broad SMARTS) is 1. The zero-order valence-electron chi connectivity index (χ0n) is 25.4. The minimum Gasteiger partial charge on any atom is -0.476 e. The average molecular weight is 642 g/mol. The van der Waals surface area contributed by atoms with Gasteiger partial charge in [0.15, 0.2) is 23.0 Å². The third-order valence-corrected chi connectivity index (χ3v) is 8.14. The Balaban J connectivity index is 0.000000232. The largest absolute Gasteiger partial charge is 0.476 e. The number of benzene rings is 1. The fraction of sp³-hybridized carbons (Fsp3) is 0.484. The summed E-state index contributed by atoms with van der Waals surface area (Å²) < 4.78 is 39.6. The summed E-state index contributed by atoms with van der Waals surface area (Å²) in [6, 6.07) is 12.3. The number of aromatic carboxylic acids is 1. The van der Waals surface area contributed by atoms with Crippen molar-refractivity contribution in [2.75, 3.05) is 68.7 Å². The molecule has 3 N–H and O–H groups in total. The van der Waals surface area contributed by atoms with E-state index >= 15 is 0 Å². The van der Waals surface area contributed by atoms with E-state index in [9.17, 15) is 22.8 Å². The molecule has 0 spiro atoms. The molecule has 3 aromatic rings. The number of carbonyl (C=O) groups excluding carboxylic acids is 1. The molecular weight excluding hydrogens is 603 g/mol. The molecule has 0 radical (unpaired) electrons. The van der Waals surface area contributed by atoms with Crippen LogP contribution in [0, 0.1) is 5.92 Å². The number of aromatic nitrogens is 4. The highest BCUT2D eigenvalue weighted by Crippen LogP contribution is 2.33. The van der Waals surface area contributed by atoms with Crippen molar-refractivity contribution in [3.05, 3.63) is 71.0 Å². The average Bonchev–Trinajstić information content (AvgIpc) is 3.90. The Labute approximate surface area is 265 Å². The van der Waals surface area contributed by atoms with Crippen LogP contribution in [-0.4, -0.2) is 101 Å². The fourth-order valence-corrected chi connectivity index (χ4v) is 5.31. The predicted molar refractivity (Wildman–Crippen MR) is 165 cm³/mol. The van der Waals surface area contributed by atoms with E-state index in [-0.39, 0.29) is 18.1 Å². The number of halogens is 3. The van der Waals surface area contributed by atoms with Crippen LogP contribution < -0.4 is 20.4 Å². The number of carboxylic acids is 1. The molecule has 2 aromatic heterocycles. The topological polar surface area (TPSA) is 140 Å². The van der Waals surface area contributed by atoms with Gasteiger partial charge in [0.1, 0.15) is 0 Å². The molecule has 3 aliphatic rings. The zero-order valence-corrected chi connectivity index (χ0v) is 25.4. The van der Waals surface area contributed by atoms with Crippen LogP contribution in [0.4, 0.5) is 24.8 Å². The lowest BCUT2D eigenvalue weighted by atomic mass is 10.1. The minimum atomic E-state index is -4.35. The summed E-state index contributed by atoms with van der Waals surface area (Å²) in [5, 5.41) is 30.5. The van der Waals surface area contributed by atoms with Gasteiger partial charge in [0, 0.05) is 65.4 Å². The van der Waals surface area contributed by atoms with Crippen molar-refractivity contribution in [3.63, 3.8) is 0 Å². The molecular formula is C31H38F3N9O3. The highest BCUT2D eigenvalue weighted by atomic mass is 19.4. The molecule has 6 rings (SSSR count). The summed E-state index contributed by atoms with van der Waals surface area (Å²) in [4.78, 5) is 28.8. The molecule has 0 atom stereocenters. The van der Waals surface area contributed by atoms with Crippen molar-refractivity contribution in [2.45, 2.75) is 32.0 Å². The van der Waals surface area contributed by atoms with Gasteiger partial charge in [0.25, 0.3) is 5.91 Å². The van der Waals surface area contributed by atoms with Crippen LogP contribution in [0.15, 0.2) is 48.5 Å². The normalized spacial score (nSPS) is 17.2. The van der Waals surface area contributed by atoms with E-state index in [1.807, 2.05) is 9.80 Å². The first-order chi connectivity index (χ1) is 22.2. The van der Waals surface area contributed by atoms with E-state index in [1.165, 1.54) is 31.0 Å². The summed E-state index contributed by atoms with van der Waals surface area (Å²) in [5.74, 6) is 0.906. The van der Waals surface area contributed by atoms with Crippen molar-refractivity contribution >= 4 is 23.5 Å². The predicted octanol–water partition coefficient (Wildman–Crippen LogP) is 2.93. The summed E-state index contributed by atoms with van der Waals surface area (Å²) in [6.45, 7) is 7.02. The number of carbonyl (C=O) groups is 2. The van der Waals surface area contributed by atoms with Crippen LogP contribution in [0.25, 0.3) is 0 Å². The van der Waals surface area contributed by atoms with Crippen molar-refractivity contribution < 1.29 is 27.9 Å². The summed E-state index contributed by atoms with van der Waals surface area (Å²) in [7, 11) is 0. The molecule has 2 saturated heterocycles. The maximum absolute atomic E-state index is 13.2. The molecule has 246 valence electrons. The number of rotatable bonds is 9. The van der Waals surface area contributed by atoms with Crippen LogP contribution >= 0.6 is 0 Å². The van der Waals surface area contributed by atoms with Crippen LogP contribution in [-0.2, 0) is 12.7 Å². The SMILES string of the molecule is O=C(NCCC1CC1)c1ccc(N2CCN(Cc3ccccc3C(F)(F)F)CC2)nn1.O=C(O)c1ccc(N2CCNCC2)nn1. The monoisotopic (exact) mass is 641 g/mol. The molecule has 12 nitrogen and oxygen atoms in total. The number of amides is 1. The number of hydrogen-bond donors (Lipinski definition) is 3. The van der Waals surface area contributed by atoms with Gasteiger partial charge >= 0.3 is 12.1 Å². The molecule has 1 aliphatic carbocycles. The van der Waals surface area contributed by atoms with E-state index in [1.54, 1.807) is 24.3 Å². The highest BCUT2D eigenvalue weighted by molar-refractivity contribution is 5.92. The Hall–Kier alpha value is -4.37. The molecule has 2 aliphatic heterocycles. The lowest BCUT2D eigenvalue weighted by Gasteiger charge is -2.35. The fourth-order valence-electron chi connectivity index (χ4n) is 5.31. The lowest BCUT2D eigenvalue weighted by molar-refractivity contribution is -0.138. The van der Waals surface area contributed by atoms with E-state index in [0.29, 0.717) is 49.8 Å². The van der Waals surface area contributed by atoms with Crippen LogP contribution in [0.5, 0.6) is 0 Å². The Morgan fingerprint density at radius 2 is 1.43 bits per heavy atom. The first-order valence-electron chi connectivity index (χ1n) is 15.4. The van der Waals surface area contributed by atoms with Crippen LogP contribution in [0.1, 0.15) is 51.4 Å². The van der Waals surface area contributed by atoms with Gasteiger partial charge in [-0.25, -0.2) is 4.79 Å². The Morgan fingerprint density at radius 1 is 0.826 bits per heavy atom. The molecule has 4 heterocycles. The number of anilines is 2. The number of nitrogens with zero attached hydrogens (tertiary/aromatic N) is 7. The van der Waals surface area contributed by atoms with E-state index < -0.39 is 17.7 Å². The van der Waals surface area contributed by atoms with Crippen molar-refractivity contribution in [1.82, 2.24) is 35.9 Å². The first kappa shape index (κ1) is 33.0. The van der Waals surface area contributed by atoms with Gasteiger partial charge < -0.3 is 25.5 Å². The molecule has 15 heteroatoms. The maximum atomic E-state index is 13.2. The second-order valence-electron chi connectivity index (χ2n) is 11.5. The molecule has 1 saturated carbocycles. The first-order valence-corrected chi connectivity index (χ1v) is 15.4. The van der Waals surface area contributed by atoms with Gasteiger partial charge in [0.05, 0.1) is 5.56 Å². The number of hydrogen-bond acceptors (Lipinski definition) is 10. The van der Waals surface area contributed by atoms with Crippen molar-refractivity contribution in [1.29, 1.82) is 0 Å². The van der Waals surface area contributed by atoms with Gasteiger partial charge in [-0.15, -0.1) is 20.4 Å². The van der Waals surface area contributed by atoms with E-state index in [4.69, 9.17) is 5.11 Å². The lowest BCUT2D eigenvalue weighted by Crippen LogP contribution is -2.46. The van der Waals surface area contributed by atoms with Gasteiger partial charge in [0.2, 0.25) is 0 Å². The smallest absolute Gasteiger partial charge is 0.416 e. The van der Waals surface area contributed by atoms with Crippen LogP contribution in [0.2, 0.25) is 0 Å². The van der Waals surface area contributed by atoms with Crippen molar-refractivity contribution in [2.24, 2.45) is 5.92 Å². The minimum absolute atomic E-state index is 0.0196. The quantitative estimate of drug-likeness (QED) is 0.318. The third-order valence-electron chi connectivity index (χ3n) is 8.14. The number of nitrogens with one attached hydrogen (secondary N) is 2. The van der Waals surface area contributed by atoms with Gasteiger partial charge in [-0.2, -0.15) is 13.2 Å². The van der Waals surface area contributed by atoms with E-state index in [2.05, 4.69) is 35.9 Å². The molecule has 46 heavy (non-hydrogen) atoms. The number of piperazine rings is 2. The Bertz CT molecular complexity index is 1440. The summed E-state index contributed by atoms with van der Waals surface area (Å²) >= 11 is 0. The Morgan fingerprint density at radius 3 is 2.00 bits per heavy atom. The zero-order chi connectivity index (χ0) is 32.5. The molecule has 1 amide bonds. The molecule has 0 unspecified atom stereocenters. The summed E-state index contributed by atoms with van der Waals surface area (Å²) in [6.07, 6.45) is -0.826. The summed E-state index contributed by atoms with van der Waals surface area (Å²) in [5.41, 5.74) is -0.00888. The maximum Gasteiger partial charge on any atom is 0.416 e. The second kappa shape index (κ2) is 15.3. The highest BCUT2D eigenvalue weighted by Gasteiger charge is 2.33. The van der Waals surface area contributed by atoms with Crippen LogP contribution in [0.3, 0.4) is 0 Å². The number of alkyl halides is 3. The third kappa shape index (κ3) is 9.33. The van der Waals surface area contributed by atoms with Gasteiger partial charge in [-0.05, 0) is 48.2 Å². The van der Waals surface area contributed by atoms with Gasteiger partial charge in [-0.1, -0.05) is 31.0 Å². The molecule has 3 fully saturated rings. The molecule has 0 bridgehead atoms. The standard InChI is InChI=1S/C22H26F3N5O.C9H12N4O2/c23-22(24,25)18-4-2-1-3-17(18)15-29-11-13-30(14-12-29)20-8-7-19(27-28-20)21(31)26-10-9-16-5-6-16;14-9(15)7-1-2-8(12-11-7)13-5-3-10-4-6-13/h1-4,7-8,16H,5-6,9-15H2,(H,26,31);1-2,10H,3-6H2,(H,14,15). The Kier molecular flexibility index (Phi) is 11.0.